The Kier molecular flexibility index (Phi) is 6.77. The third kappa shape index (κ3) is 5.05. The maximum atomic E-state index is 12.5. The molecule has 0 radical (unpaired) electrons. The molecule has 0 aliphatic heterocycles. The molecule has 0 saturated heterocycles. The minimum atomic E-state index is -3.51. The lowest BCUT2D eigenvalue weighted by molar-refractivity contribution is 0.367. The SMILES string of the molecule is CCCC(C)N(C)S(=O)(=O)c1ccc(CNC(C)C)cn1. The smallest absolute Gasteiger partial charge is 0.260 e. The molecule has 1 aromatic heterocycles. The van der Waals surface area contributed by atoms with Crippen LogP contribution in [-0.4, -0.2) is 36.8 Å². The second kappa shape index (κ2) is 7.87. The lowest BCUT2D eigenvalue weighted by Crippen LogP contribution is -2.35. The van der Waals surface area contributed by atoms with Gasteiger partial charge in [-0.1, -0.05) is 33.3 Å². The molecule has 0 spiro atoms. The van der Waals surface area contributed by atoms with Gasteiger partial charge < -0.3 is 5.32 Å². The van der Waals surface area contributed by atoms with Gasteiger partial charge in [0.25, 0.3) is 10.0 Å². The van der Waals surface area contributed by atoms with Crippen molar-refractivity contribution in [2.24, 2.45) is 0 Å². The van der Waals surface area contributed by atoms with Gasteiger partial charge in [0, 0.05) is 31.9 Å². The van der Waals surface area contributed by atoms with Gasteiger partial charge in [0.1, 0.15) is 0 Å². The van der Waals surface area contributed by atoms with Gasteiger partial charge in [-0.05, 0) is 25.0 Å². The molecule has 1 heterocycles. The molecule has 1 atom stereocenters. The van der Waals surface area contributed by atoms with Crippen LogP contribution in [0.15, 0.2) is 23.4 Å². The summed E-state index contributed by atoms with van der Waals surface area (Å²) in [5.41, 5.74) is 0.979. The Morgan fingerprint density at radius 2 is 1.95 bits per heavy atom. The second-order valence-corrected chi connectivity index (χ2v) is 7.64. The Hall–Kier alpha value is -0.980. The maximum absolute atomic E-state index is 12.5. The van der Waals surface area contributed by atoms with E-state index in [0.29, 0.717) is 12.6 Å². The molecule has 120 valence electrons. The summed E-state index contributed by atoms with van der Waals surface area (Å²) in [6.45, 7) is 8.79. The van der Waals surface area contributed by atoms with Crippen LogP contribution in [0.25, 0.3) is 0 Å². The molecule has 1 N–H and O–H groups in total. The predicted octanol–water partition coefficient (Wildman–Crippen LogP) is 2.39. The molecule has 0 fully saturated rings. The van der Waals surface area contributed by atoms with Crippen LogP contribution in [-0.2, 0) is 16.6 Å². The third-order valence-electron chi connectivity index (χ3n) is 3.48. The number of aromatic nitrogens is 1. The first-order chi connectivity index (χ1) is 9.78. The summed E-state index contributed by atoms with van der Waals surface area (Å²) in [5, 5.41) is 3.39. The van der Waals surface area contributed by atoms with Crippen molar-refractivity contribution in [3.8, 4) is 0 Å². The van der Waals surface area contributed by atoms with Gasteiger partial charge >= 0.3 is 0 Å². The van der Waals surface area contributed by atoms with Gasteiger partial charge in [0.05, 0.1) is 0 Å². The van der Waals surface area contributed by atoms with Crippen molar-refractivity contribution in [1.29, 1.82) is 0 Å². The van der Waals surface area contributed by atoms with Crippen molar-refractivity contribution in [2.45, 2.75) is 64.2 Å². The van der Waals surface area contributed by atoms with Crippen molar-refractivity contribution in [3.05, 3.63) is 23.9 Å². The topological polar surface area (TPSA) is 62.3 Å². The molecule has 0 bridgehead atoms. The summed E-state index contributed by atoms with van der Waals surface area (Å²) in [7, 11) is -1.89. The van der Waals surface area contributed by atoms with E-state index in [2.05, 4.69) is 24.1 Å². The van der Waals surface area contributed by atoms with Crippen LogP contribution < -0.4 is 5.32 Å². The minimum absolute atomic E-state index is 0.0240. The zero-order chi connectivity index (χ0) is 16.0. The molecule has 5 nitrogen and oxygen atoms in total. The first kappa shape index (κ1) is 18.1. The van der Waals surface area contributed by atoms with E-state index in [1.807, 2.05) is 19.9 Å². The molecule has 6 heteroatoms. The number of rotatable bonds is 8. The fourth-order valence-electron chi connectivity index (χ4n) is 1.97. The molecule has 1 unspecified atom stereocenters. The summed E-state index contributed by atoms with van der Waals surface area (Å²) in [6, 6.07) is 3.76. The van der Waals surface area contributed by atoms with Crippen LogP contribution in [0.3, 0.4) is 0 Å². The lowest BCUT2D eigenvalue weighted by atomic mass is 10.2. The highest BCUT2D eigenvalue weighted by atomic mass is 32.2. The Morgan fingerprint density at radius 3 is 2.43 bits per heavy atom. The normalized spacial score (nSPS) is 13.9. The van der Waals surface area contributed by atoms with Gasteiger partial charge in [-0.25, -0.2) is 13.4 Å². The Balaban J connectivity index is 2.84. The lowest BCUT2D eigenvalue weighted by Gasteiger charge is -2.23. The molecular formula is C15H27N3O2S. The Labute approximate surface area is 128 Å². The van der Waals surface area contributed by atoms with Gasteiger partial charge in [0.15, 0.2) is 5.03 Å². The summed E-state index contributed by atoms with van der Waals surface area (Å²) >= 11 is 0. The fourth-order valence-corrected chi connectivity index (χ4v) is 3.27. The number of nitrogens with zero attached hydrogens (tertiary/aromatic N) is 2. The summed E-state index contributed by atoms with van der Waals surface area (Å²) in [6.07, 6.45) is 3.42. The fraction of sp³-hybridized carbons (Fsp3) is 0.667. The van der Waals surface area contributed by atoms with Gasteiger partial charge in [-0.15, -0.1) is 0 Å². The first-order valence-corrected chi connectivity index (χ1v) is 8.89. The molecule has 0 aliphatic carbocycles. The van der Waals surface area contributed by atoms with E-state index in [4.69, 9.17) is 0 Å². The van der Waals surface area contributed by atoms with E-state index < -0.39 is 10.0 Å². The molecule has 1 rings (SSSR count). The molecule has 0 saturated carbocycles. The van der Waals surface area contributed by atoms with E-state index in [-0.39, 0.29) is 11.1 Å². The first-order valence-electron chi connectivity index (χ1n) is 7.45. The van der Waals surface area contributed by atoms with Crippen LogP contribution in [0.4, 0.5) is 0 Å². The van der Waals surface area contributed by atoms with Crippen LogP contribution in [0.2, 0.25) is 0 Å². The van der Waals surface area contributed by atoms with Crippen molar-refractivity contribution in [3.63, 3.8) is 0 Å². The Bertz CT molecular complexity index is 526. The number of nitrogens with one attached hydrogen (secondary N) is 1. The maximum Gasteiger partial charge on any atom is 0.260 e. The molecule has 0 aromatic carbocycles. The monoisotopic (exact) mass is 313 g/mol. The largest absolute Gasteiger partial charge is 0.310 e. The standard InChI is InChI=1S/C15H27N3O2S/c1-6-7-13(4)18(5)21(19,20)15-9-8-14(11-17-15)10-16-12(2)3/h8-9,11-13,16H,6-7,10H2,1-5H3. The number of hydrogen-bond donors (Lipinski definition) is 1. The van der Waals surface area contributed by atoms with E-state index in [0.717, 1.165) is 18.4 Å². The van der Waals surface area contributed by atoms with Crippen LogP contribution >= 0.6 is 0 Å². The van der Waals surface area contributed by atoms with E-state index >= 15 is 0 Å². The van der Waals surface area contributed by atoms with Gasteiger partial charge in [-0.3, -0.25) is 0 Å². The van der Waals surface area contributed by atoms with Gasteiger partial charge in [0.2, 0.25) is 0 Å². The van der Waals surface area contributed by atoms with E-state index in [1.54, 1.807) is 19.3 Å². The molecular weight excluding hydrogens is 286 g/mol. The minimum Gasteiger partial charge on any atom is -0.310 e. The van der Waals surface area contributed by atoms with Crippen LogP contribution in [0.1, 0.15) is 46.1 Å². The molecule has 1 aromatic rings. The predicted molar refractivity (Wildman–Crippen MR) is 85.5 cm³/mol. The second-order valence-electron chi connectivity index (χ2n) is 5.70. The number of pyridine rings is 1. The summed E-state index contributed by atoms with van der Waals surface area (Å²) in [4.78, 5) is 4.12. The molecule has 21 heavy (non-hydrogen) atoms. The zero-order valence-corrected chi connectivity index (χ0v) is 14.4. The average Bonchev–Trinajstić information content (AvgIpc) is 2.45. The van der Waals surface area contributed by atoms with Crippen molar-refractivity contribution in [1.82, 2.24) is 14.6 Å². The van der Waals surface area contributed by atoms with Crippen molar-refractivity contribution >= 4 is 10.0 Å². The summed E-state index contributed by atoms with van der Waals surface area (Å²) in [5.74, 6) is 0. The number of sulfonamides is 1. The third-order valence-corrected chi connectivity index (χ3v) is 5.37. The van der Waals surface area contributed by atoms with Crippen molar-refractivity contribution in [2.75, 3.05) is 7.05 Å². The van der Waals surface area contributed by atoms with E-state index in [9.17, 15) is 8.42 Å². The van der Waals surface area contributed by atoms with Crippen LogP contribution in [0, 0.1) is 0 Å². The zero-order valence-electron chi connectivity index (χ0n) is 13.6. The molecule has 0 amide bonds. The van der Waals surface area contributed by atoms with Crippen LogP contribution in [0.5, 0.6) is 0 Å². The molecule has 0 aliphatic rings. The van der Waals surface area contributed by atoms with Crippen molar-refractivity contribution < 1.29 is 8.42 Å². The highest BCUT2D eigenvalue weighted by Gasteiger charge is 2.25. The summed E-state index contributed by atoms with van der Waals surface area (Å²) < 4.78 is 26.4. The highest BCUT2D eigenvalue weighted by molar-refractivity contribution is 7.89. The quantitative estimate of drug-likeness (QED) is 0.800. The van der Waals surface area contributed by atoms with Gasteiger partial charge in [-0.2, -0.15) is 4.31 Å². The Morgan fingerprint density at radius 1 is 1.29 bits per heavy atom. The highest BCUT2D eigenvalue weighted by Crippen LogP contribution is 2.17. The van der Waals surface area contributed by atoms with E-state index in [1.165, 1.54) is 4.31 Å². The average molecular weight is 313 g/mol. The number of hydrogen-bond acceptors (Lipinski definition) is 4.